The van der Waals surface area contributed by atoms with E-state index in [1.807, 2.05) is 0 Å². The second-order valence-corrected chi connectivity index (χ2v) is 10.5. The smallest absolute Gasteiger partial charge is 0.299 e. The maximum Gasteiger partial charge on any atom is 0.299 e. The Hall–Kier alpha value is -3.12. The van der Waals surface area contributed by atoms with Crippen LogP contribution in [-0.4, -0.2) is 182 Å². The Balaban J connectivity index is 1.69. The van der Waals surface area contributed by atoms with Crippen molar-refractivity contribution in [1.29, 1.82) is 0 Å². The topological polar surface area (TPSA) is 218 Å². The maximum absolute atomic E-state index is 11.2. The molecule has 0 aromatic heterocycles. The van der Waals surface area contributed by atoms with Crippen molar-refractivity contribution in [3.05, 3.63) is 51.3 Å². The van der Waals surface area contributed by atoms with Gasteiger partial charge in [-0.1, -0.05) is 6.58 Å². The molecule has 20 nitrogen and oxygen atoms in total. The van der Waals surface area contributed by atoms with E-state index in [9.17, 15) is 20.2 Å². The molecule has 0 radical (unpaired) electrons. The summed E-state index contributed by atoms with van der Waals surface area (Å²) in [7, 11) is 0. The van der Waals surface area contributed by atoms with Crippen molar-refractivity contribution in [2.75, 3.05) is 177 Å². The predicted octanol–water partition coefficient (Wildman–Crippen LogP) is 2.27. The van der Waals surface area contributed by atoms with E-state index in [0.29, 0.717) is 159 Å². The number of ether oxygens (including phenoxy) is 13. The first-order chi connectivity index (χ1) is 26.6. The highest BCUT2D eigenvalue weighted by atomic mass is 16.6. The zero-order valence-electron chi connectivity index (χ0n) is 31.2. The molecule has 20 heteroatoms. The fourth-order valence-electron chi connectivity index (χ4n) is 3.90. The molecular weight excluding hydrogens is 722 g/mol. The first kappa shape index (κ1) is 48.9. The summed E-state index contributed by atoms with van der Waals surface area (Å²) in [5, 5.41) is 24.8. The third-order valence-corrected chi connectivity index (χ3v) is 6.51. The minimum atomic E-state index is -0.682. The van der Waals surface area contributed by atoms with E-state index in [0.717, 1.165) is 6.07 Å². The van der Waals surface area contributed by atoms with E-state index in [1.54, 1.807) is 0 Å². The number of nitrogens with zero attached hydrogens (tertiary/aromatic N) is 2. The number of nitro benzene ring substituents is 2. The minimum Gasteiger partial charge on any atom is -0.499 e. The Labute approximate surface area is 316 Å². The van der Waals surface area contributed by atoms with E-state index >= 15 is 0 Å². The monoisotopic (exact) mass is 781 g/mol. The van der Waals surface area contributed by atoms with Crippen LogP contribution in [0.3, 0.4) is 0 Å². The van der Waals surface area contributed by atoms with Crippen molar-refractivity contribution < 1.29 is 71.4 Å². The van der Waals surface area contributed by atoms with Gasteiger partial charge in [0.2, 0.25) is 0 Å². The van der Waals surface area contributed by atoms with Crippen LogP contribution < -0.4 is 5.32 Å². The lowest BCUT2D eigenvalue weighted by atomic mass is 10.2. The van der Waals surface area contributed by atoms with E-state index in [4.69, 9.17) is 61.6 Å². The lowest BCUT2D eigenvalue weighted by Gasteiger charge is -2.09. The Kier molecular flexibility index (Phi) is 34.6. The number of hydrogen-bond donors (Lipinski definition) is 1. The zero-order chi connectivity index (χ0) is 39.0. The Morgan fingerprint density at radius 2 is 0.759 bits per heavy atom. The first-order valence-corrected chi connectivity index (χ1v) is 17.9. The molecular formula is C34H59N3O17. The molecule has 54 heavy (non-hydrogen) atoms. The standard InChI is InChI=1S/C34H59N3O17/c1-2-42-7-8-44-11-12-46-15-16-48-19-20-50-23-24-52-27-28-54-30-29-53-26-25-51-22-21-49-18-17-47-14-13-45-10-9-43-6-5-35-33-4-3-32(36(38)39)31-34(33)37(40)41/h2-4,31,35H,1,5-30H2. The normalized spacial score (nSPS) is 11.2. The summed E-state index contributed by atoms with van der Waals surface area (Å²) in [6.45, 7) is 15.1. The van der Waals surface area contributed by atoms with Crippen molar-refractivity contribution in [2.45, 2.75) is 0 Å². The molecule has 0 saturated heterocycles. The second kappa shape index (κ2) is 38.2. The van der Waals surface area contributed by atoms with Gasteiger partial charge in [0.25, 0.3) is 11.4 Å². The second-order valence-electron chi connectivity index (χ2n) is 10.5. The summed E-state index contributed by atoms with van der Waals surface area (Å²) in [5.74, 6) is 0. The van der Waals surface area contributed by atoms with E-state index in [1.165, 1.54) is 18.4 Å². The van der Waals surface area contributed by atoms with Gasteiger partial charge in [-0.15, -0.1) is 0 Å². The fraction of sp³-hybridized carbons (Fsp3) is 0.765. The highest BCUT2D eigenvalue weighted by molar-refractivity contribution is 5.65. The third kappa shape index (κ3) is 31.3. The molecule has 0 amide bonds. The molecule has 1 aromatic carbocycles. The first-order valence-electron chi connectivity index (χ1n) is 17.9. The Morgan fingerprint density at radius 1 is 0.463 bits per heavy atom. The van der Waals surface area contributed by atoms with Gasteiger partial charge in [0.05, 0.1) is 181 Å². The van der Waals surface area contributed by atoms with E-state index < -0.39 is 9.85 Å². The number of rotatable bonds is 43. The molecule has 0 atom stereocenters. The van der Waals surface area contributed by atoms with Gasteiger partial charge in [-0.2, -0.15) is 0 Å². The van der Waals surface area contributed by atoms with Crippen LogP contribution in [0.15, 0.2) is 31.0 Å². The quantitative estimate of drug-likeness (QED) is 0.0435. The third-order valence-electron chi connectivity index (χ3n) is 6.51. The predicted molar refractivity (Wildman–Crippen MR) is 194 cm³/mol. The van der Waals surface area contributed by atoms with Crippen LogP contribution in [-0.2, 0) is 61.6 Å². The highest BCUT2D eigenvalue weighted by Crippen LogP contribution is 2.28. The molecule has 0 aliphatic rings. The van der Waals surface area contributed by atoms with Crippen molar-refractivity contribution in [3.8, 4) is 0 Å². The van der Waals surface area contributed by atoms with Gasteiger partial charge < -0.3 is 66.9 Å². The zero-order valence-corrected chi connectivity index (χ0v) is 31.2. The SMILES string of the molecule is C=COCCOCCOCCOCCOCCOCCOCCOCCOCCOCCOCCOCCOCCNc1ccc([N+](=O)[O-])cc1[N+](=O)[O-]. The van der Waals surface area contributed by atoms with Crippen LogP contribution in [0, 0.1) is 20.2 Å². The van der Waals surface area contributed by atoms with Gasteiger partial charge in [-0.25, -0.2) is 0 Å². The Morgan fingerprint density at radius 3 is 1.04 bits per heavy atom. The van der Waals surface area contributed by atoms with Crippen molar-refractivity contribution in [3.63, 3.8) is 0 Å². The van der Waals surface area contributed by atoms with Crippen LogP contribution in [0.5, 0.6) is 0 Å². The van der Waals surface area contributed by atoms with E-state index in [2.05, 4.69) is 11.9 Å². The van der Waals surface area contributed by atoms with E-state index in [-0.39, 0.29) is 30.2 Å². The van der Waals surface area contributed by atoms with Gasteiger partial charge in [0.15, 0.2) is 0 Å². The van der Waals surface area contributed by atoms with Gasteiger partial charge in [-0.3, -0.25) is 20.2 Å². The molecule has 0 aliphatic heterocycles. The molecule has 1 rings (SSSR count). The largest absolute Gasteiger partial charge is 0.499 e. The number of nitro groups is 2. The van der Waals surface area contributed by atoms with Gasteiger partial charge >= 0.3 is 0 Å². The molecule has 312 valence electrons. The summed E-state index contributed by atoms with van der Waals surface area (Å²) in [5.41, 5.74) is -0.532. The summed E-state index contributed by atoms with van der Waals surface area (Å²) in [4.78, 5) is 20.6. The molecule has 0 spiro atoms. The average molecular weight is 782 g/mol. The minimum absolute atomic E-state index is 0.183. The van der Waals surface area contributed by atoms with Gasteiger partial charge in [0.1, 0.15) is 12.3 Å². The van der Waals surface area contributed by atoms with Gasteiger partial charge in [-0.05, 0) is 6.07 Å². The number of benzene rings is 1. The molecule has 0 saturated carbocycles. The molecule has 0 bridgehead atoms. The van der Waals surface area contributed by atoms with Crippen molar-refractivity contribution >= 4 is 17.1 Å². The maximum atomic E-state index is 11.2. The van der Waals surface area contributed by atoms with Crippen LogP contribution in [0.1, 0.15) is 0 Å². The van der Waals surface area contributed by atoms with Crippen molar-refractivity contribution in [1.82, 2.24) is 0 Å². The number of anilines is 1. The fourth-order valence-corrected chi connectivity index (χ4v) is 3.90. The highest BCUT2D eigenvalue weighted by Gasteiger charge is 2.19. The molecule has 1 aromatic rings. The number of nitrogens with one attached hydrogen (secondary N) is 1. The molecule has 0 fully saturated rings. The summed E-state index contributed by atoms with van der Waals surface area (Å²) in [6.07, 6.45) is 1.39. The Bertz CT molecular complexity index is 1040. The van der Waals surface area contributed by atoms with Crippen LogP contribution >= 0.6 is 0 Å². The lowest BCUT2D eigenvalue weighted by molar-refractivity contribution is -0.393. The molecule has 1 N–H and O–H groups in total. The summed E-state index contributed by atoms with van der Waals surface area (Å²) in [6, 6.07) is 3.42. The van der Waals surface area contributed by atoms with Crippen LogP contribution in [0.2, 0.25) is 0 Å². The number of non-ortho nitro benzene ring substituents is 1. The van der Waals surface area contributed by atoms with Gasteiger partial charge in [0, 0.05) is 12.6 Å². The summed E-state index contributed by atoms with van der Waals surface area (Å²) < 4.78 is 70.2. The van der Waals surface area contributed by atoms with Crippen molar-refractivity contribution in [2.24, 2.45) is 0 Å². The van der Waals surface area contributed by atoms with Crippen LogP contribution in [0.25, 0.3) is 0 Å². The summed E-state index contributed by atoms with van der Waals surface area (Å²) >= 11 is 0. The molecule has 0 heterocycles. The average Bonchev–Trinajstić information content (AvgIpc) is 3.17. The molecule has 0 unspecified atom stereocenters. The van der Waals surface area contributed by atoms with Crippen LogP contribution in [0.4, 0.5) is 17.1 Å². The molecule has 0 aliphatic carbocycles. The number of hydrogen-bond acceptors (Lipinski definition) is 18. The lowest BCUT2D eigenvalue weighted by Crippen LogP contribution is -2.16.